The van der Waals surface area contributed by atoms with Crippen molar-refractivity contribution in [2.45, 2.75) is 0 Å². The number of H-pyrrole nitrogens is 1. The lowest BCUT2D eigenvalue weighted by molar-refractivity contribution is 0.122. The fraction of sp³-hybridized carbons (Fsp3) is 0.357. The molecule has 3 rings (SSSR count). The van der Waals surface area contributed by atoms with Gasteiger partial charge in [-0.25, -0.2) is 0 Å². The van der Waals surface area contributed by atoms with Crippen molar-refractivity contribution in [1.29, 1.82) is 0 Å². The Morgan fingerprint density at radius 1 is 1.30 bits per heavy atom. The molecular formula is C14H18N4O2. The zero-order valence-electron chi connectivity index (χ0n) is 11.4. The summed E-state index contributed by atoms with van der Waals surface area (Å²) in [5, 5.41) is 6.73. The van der Waals surface area contributed by atoms with Gasteiger partial charge in [-0.3, -0.25) is 5.10 Å². The van der Waals surface area contributed by atoms with Crippen molar-refractivity contribution < 1.29 is 9.47 Å². The standard InChI is InChI=1S/C14H18N4O2/c1-19-13-3-2-10(18-4-6-20-7-5-18)8-11(13)12-9-16-17-14(12)15/h2-3,8-9H,4-7H2,1H3,(H3,15,16,17). The lowest BCUT2D eigenvalue weighted by Gasteiger charge is -2.29. The Balaban J connectivity index is 2.00. The third kappa shape index (κ3) is 2.30. The largest absolute Gasteiger partial charge is 0.496 e. The van der Waals surface area contributed by atoms with Gasteiger partial charge in [0.1, 0.15) is 11.6 Å². The number of nitrogen functional groups attached to an aromatic ring is 1. The smallest absolute Gasteiger partial charge is 0.127 e. The highest BCUT2D eigenvalue weighted by Crippen LogP contribution is 2.35. The molecule has 3 N–H and O–H groups in total. The number of hydrogen-bond donors (Lipinski definition) is 2. The number of nitrogens with one attached hydrogen (secondary N) is 1. The van der Waals surface area contributed by atoms with E-state index in [1.165, 1.54) is 0 Å². The minimum atomic E-state index is 0.544. The molecule has 0 amide bonds. The summed E-state index contributed by atoms with van der Waals surface area (Å²) in [6, 6.07) is 6.11. The third-order valence-electron chi connectivity index (χ3n) is 3.52. The molecule has 1 aromatic heterocycles. The van der Waals surface area contributed by atoms with Gasteiger partial charge in [0, 0.05) is 29.9 Å². The number of ether oxygens (including phenoxy) is 2. The van der Waals surface area contributed by atoms with Gasteiger partial charge in [0.2, 0.25) is 0 Å². The molecule has 1 saturated heterocycles. The second-order valence-electron chi connectivity index (χ2n) is 4.68. The van der Waals surface area contributed by atoms with Crippen molar-refractivity contribution in [3.8, 4) is 16.9 Å². The summed E-state index contributed by atoms with van der Waals surface area (Å²) >= 11 is 0. The number of aromatic amines is 1. The first-order valence-electron chi connectivity index (χ1n) is 6.59. The van der Waals surface area contributed by atoms with E-state index in [9.17, 15) is 0 Å². The third-order valence-corrected chi connectivity index (χ3v) is 3.52. The zero-order valence-corrected chi connectivity index (χ0v) is 11.4. The maximum absolute atomic E-state index is 5.92. The van der Waals surface area contributed by atoms with Crippen LogP contribution in [0.15, 0.2) is 24.4 Å². The van der Waals surface area contributed by atoms with Gasteiger partial charge in [0.25, 0.3) is 0 Å². The van der Waals surface area contributed by atoms with Crippen LogP contribution >= 0.6 is 0 Å². The van der Waals surface area contributed by atoms with E-state index in [-0.39, 0.29) is 0 Å². The molecule has 20 heavy (non-hydrogen) atoms. The molecule has 0 radical (unpaired) electrons. The van der Waals surface area contributed by atoms with E-state index in [0.717, 1.165) is 48.9 Å². The first kappa shape index (κ1) is 12.8. The van der Waals surface area contributed by atoms with E-state index >= 15 is 0 Å². The van der Waals surface area contributed by atoms with Crippen LogP contribution < -0.4 is 15.4 Å². The molecule has 0 atom stereocenters. The van der Waals surface area contributed by atoms with Crippen molar-refractivity contribution in [2.75, 3.05) is 44.0 Å². The number of anilines is 2. The summed E-state index contributed by atoms with van der Waals surface area (Å²) in [5.41, 5.74) is 8.87. The minimum absolute atomic E-state index is 0.544. The van der Waals surface area contributed by atoms with Crippen LogP contribution in [0.3, 0.4) is 0 Å². The van der Waals surface area contributed by atoms with Crippen LogP contribution in [0.1, 0.15) is 0 Å². The van der Waals surface area contributed by atoms with Crippen molar-refractivity contribution in [2.24, 2.45) is 0 Å². The van der Waals surface area contributed by atoms with Crippen molar-refractivity contribution >= 4 is 11.5 Å². The quantitative estimate of drug-likeness (QED) is 0.887. The molecule has 2 heterocycles. The Morgan fingerprint density at radius 3 is 2.75 bits per heavy atom. The maximum Gasteiger partial charge on any atom is 0.127 e. The highest BCUT2D eigenvalue weighted by molar-refractivity contribution is 5.80. The normalized spacial score (nSPS) is 15.3. The van der Waals surface area contributed by atoms with Gasteiger partial charge < -0.3 is 20.1 Å². The number of nitrogens with two attached hydrogens (primary N) is 1. The number of rotatable bonds is 3. The van der Waals surface area contributed by atoms with Crippen LogP contribution in [-0.2, 0) is 4.74 Å². The van der Waals surface area contributed by atoms with Gasteiger partial charge in [-0.15, -0.1) is 0 Å². The molecular weight excluding hydrogens is 256 g/mol. The molecule has 0 spiro atoms. The molecule has 2 aromatic rings. The molecule has 0 aliphatic carbocycles. The van der Waals surface area contributed by atoms with Gasteiger partial charge in [0.15, 0.2) is 0 Å². The summed E-state index contributed by atoms with van der Waals surface area (Å²) in [5.74, 6) is 1.33. The maximum atomic E-state index is 5.92. The Bertz CT molecular complexity index is 591. The van der Waals surface area contributed by atoms with E-state index in [4.69, 9.17) is 15.2 Å². The Kier molecular flexibility index (Phi) is 3.47. The van der Waals surface area contributed by atoms with Gasteiger partial charge in [-0.1, -0.05) is 0 Å². The van der Waals surface area contributed by atoms with Gasteiger partial charge in [-0.05, 0) is 18.2 Å². The van der Waals surface area contributed by atoms with E-state index in [2.05, 4.69) is 27.2 Å². The van der Waals surface area contributed by atoms with Gasteiger partial charge in [-0.2, -0.15) is 5.10 Å². The van der Waals surface area contributed by atoms with Gasteiger partial charge >= 0.3 is 0 Å². The monoisotopic (exact) mass is 274 g/mol. The number of methoxy groups -OCH3 is 1. The molecule has 1 aromatic carbocycles. The van der Waals surface area contributed by atoms with E-state index < -0.39 is 0 Å². The summed E-state index contributed by atoms with van der Waals surface area (Å²) < 4.78 is 10.8. The summed E-state index contributed by atoms with van der Waals surface area (Å²) in [6.45, 7) is 3.31. The van der Waals surface area contributed by atoms with Crippen LogP contribution in [-0.4, -0.2) is 43.6 Å². The second kappa shape index (κ2) is 5.42. The minimum Gasteiger partial charge on any atom is -0.496 e. The second-order valence-corrected chi connectivity index (χ2v) is 4.68. The van der Waals surface area contributed by atoms with Crippen molar-refractivity contribution in [3.63, 3.8) is 0 Å². The number of aromatic nitrogens is 2. The van der Waals surface area contributed by atoms with Crippen LogP contribution in [0.25, 0.3) is 11.1 Å². The van der Waals surface area contributed by atoms with Crippen LogP contribution in [0.4, 0.5) is 11.5 Å². The SMILES string of the molecule is COc1ccc(N2CCOCC2)cc1-c1cn[nH]c1N. The van der Waals surface area contributed by atoms with Crippen molar-refractivity contribution in [1.82, 2.24) is 10.2 Å². The fourth-order valence-electron chi connectivity index (χ4n) is 2.44. The van der Waals surface area contributed by atoms with Crippen LogP contribution in [0.2, 0.25) is 0 Å². The molecule has 6 heteroatoms. The van der Waals surface area contributed by atoms with E-state index in [1.54, 1.807) is 13.3 Å². The van der Waals surface area contributed by atoms with E-state index in [0.29, 0.717) is 5.82 Å². The Labute approximate surface area is 117 Å². The number of nitrogens with zero attached hydrogens (tertiary/aromatic N) is 2. The molecule has 0 bridgehead atoms. The number of morpholine rings is 1. The summed E-state index contributed by atoms with van der Waals surface area (Å²) in [4.78, 5) is 2.29. The first-order valence-corrected chi connectivity index (χ1v) is 6.59. The predicted octanol–water partition coefficient (Wildman–Crippen LogP) is 1.50. The van der Waals surface area contributed by atoms with Crippen LogP contribution in [0.5, 0.6) is 5.75 Å². The Morgan fingerprint density at radius 2 is 2.10 bits per heavy atom. The highest BCUT2D eigenvalue weighted by Gasteiger charge is 2.16. The van der Waals surface area contributed by atoms with Crippen LogP contribution in [0, 0.1) is 0 Å². The van der Waals surface area contributed by atoms with Crippen molar-refractivity contribution in [3.05, 3.63) is 24.4 Å². The molecule has 1 aliphatic heterocycles. The summed E-state index contributed by atoms with van der Waals surface area (Å²) in [6.07, 6.45) is 1.72. The number of hydrogen-bond acceptors (Lipinski definition) is 5. The average Bonchev–Trinajstić information content (AvgIpc) is 2.93. The molecule has 0 saturated carbocycles. The topological polar surface area (TPSA) is 76.4 Å². The Hall–Kier alpha value is -2.21. The molecule has 1 aliphatic rings. The highest BCUT2D eigenvalue weighted by atomic mass is 16.5. The lowest BCUT2D eigenvalue weighted by Crippen LogP contribution is -2.36. The number of benzene rings is 1. The molecule has 6 nitrogen and oxygen atoms in total. The lowest BCUT2D eigenvalue weighted by atomic mass is 10.1. The summed E-state index contributed by atoms with van der Waals surface area (Å²) in [7, 11) is 1.66. The molecule has 1 fully saturated rings. The average molecular weight is 274 g/mol. The zero-order chi connectivity index (χ0) is 13.9. The van der Waals surface area contributed by atoms with Gasteiger partial charge in [0.05, 0.1) is 26.5 Å². The fourth-order valence-corrected chi connectivity index (χ4v) is 2.44. The first-order chi connectivity index (χ1) is 9.79. The predicted molar refractivity (Wildman–Crippen MR) is 78.0 cm³/mol. The molecule has 106 valence electrons. The van der Waals surface area contributed by atoms with E-state index in [1.807, 2.05) is 6.07 Å². The molecule has 0 unspecified atom stereocenters.